The number of Topliss-reactive ketones (excluding diaryl/α,β-unsaturated/α-hetero) is 1. The van der Waals surface area contributed by atoms with Crippen LogP contribution in [0, 0.1) is 5.92 Å². The molecule has 0 saturated heterocycles. The van der Waals surface area contributed by atoms with Crippen molar-refractivity contribution >= 4 is 38.2 Å². The van der Waals surface area contributed by atoms with Crippen molar-refractivity contribution in [3.8, 4) is 0 Å². The van der Waals surface area contributed by atoms with E-state index in [1.54, 1.807) is 0 Å². The van der Waals surface area contributed by atoms with Gasteiger partial charge in [0.15, 0.2) is 10.9 Å². The zero-order valence-electron chi connectivity index (χ0n) is 15.8. The van der Waals surface area contributed by atoms with Gasteiger partial charge < -0.3 is 5.32 Å². The molecule has 1 aliphatic carbocycles. The van der Waals surface area contributed by atoms with Crippen molar-refractivity contribution in [2.45, 2.75) is 44.4 Å². The van der Waals surface area contributed by atoms with E-state index in [0.29, 0.717) is 16.6 Å². The molecule has 0 unspecified atom stereocenters. The molecule has 1 aromatic carbocycles. The quantitative estimate of drug-likeness (QED) is 0.669. The van der Waals surface area contributed by atoms with Gasteiger partial charge in [0, 0.05) is 23.4 Å². The highest BCUT2D eigenvalue weighted by Crippen LogP contribution is 2.32. The second kappa shape index (κ2) is 8.50. The highest BCUT2D eigenvalue weighted by atomic mass is 32.2. The Labute approximate surface area is 168 Å². The third-order valence-electron chi connectivity index (χ3n) is 4.65. The van der Waals surface area contributed by atoms with E-state index in [0.717, 1.165) is 25.0 Å². The van der Waals surface area contributed by atoms with Gasteiger partial charge in [-0.3, -0.25) is 9.59 Å². The minimum absolute atomic E-state index is 0.00537. The van der Waals surface area contributed by atoms with E-state index in [9.17, 15) is 18.0 Å². The normalized spacial score (nSPS) is 16.4. The van der Waals surface area contributed by atoms with Gasteiger partial charge in [-0.15, -0.1) is 11.3 Å². The van der Waals surface area contributed by atoms with Crippen molar-refractivity contribution in [2.75, 3.05) is 11.9 Å². The summed E-state index contributed by atoms with van der Waals surface area (Å²) in [6, 6.07) is 5.68. The molecule has 0 fully saturated rings. The first kappa shape index (κ1) is 20.6. The molecule has 0 radical (unpaired) electrons. The molecule has 150 valence electrons. The molecule has 0 aliphatic heterocycles. The summed E-state index contributed by atoms with van der Waals surface area (Å²) in [5.41, 5.74) is 1.51. The number of aromatic nitrogens is 1. The number of hydrogen-bond acceptors (Lipinski definition) is 6. The smallest absolute Gasteiger partial charge is 0.240 e. The first-order valence-electron chi connectivity index (χ1n) is 9.13. The minimum atomic E-state index is -3.73. The van der Waals surface area contributed by atoms with Gasteiger partial charge in [0.1, 0.15) is 0 Å². The van der Waals surface area contributed by atoms with Crippen LogP contribution in [-0.2, 0) is 27.7 Å². The maximum Gasteiger partial charge on any atom is 0.240 e. The van der Waals surface area contributed by atoms with E-state index in [1.165, 1.54) is 47.4 Å². The van der Waals surface area contributed by atoms with Crippen LogP contribution in [0.2, 0.25) is 0 Å². The number of hydrogen-bond donors (Lipinski definition) is 2. The second-order valence-electron chi connectivity index (χ2n) is 7.01. The molecule has 1 atom stereocenters. The van der Waals surface area contributed by atoms with E-state index < -0.39 is 10.0 Å². The fraction of sp³-hybridized carbons (Fsp3) is 0.421. The number of carbonyl (C=O) groups excluding carboxylic acids is 2. The van der Waals surface area contributed by atoms with Crippen molar-refractivity contribution in [3.63, 3.8) is 0 Å². The van der Waals surface area contributed by atoms with Gasteiger partial charge in [0.25, 0.3) is 0 Å². The number of ketones is 1. The molecule has 28 heavy (non-hydrogen) atoms. The molecular weight excluding hydrogens is 398 g/mol. The van der Waals surface area contributed by atoms with E-state index >= 15 is 0 Å². The van der Waals surface area contributed by atoms with Crippen molar-refractivity contribution in [2.24, 2.45) is 5.92 Å². The lowest BCUT2D eigenvalue weighted by molar-refractivity contribution is -0.116. The molecule has 1 heterocycles. The number of amides is 1. The number of sulfonamides is 1. The fourth-order valence-electron chi connectivity index (χ4n) is 3.03. The third kappa shape index (κ3) is 5.03. The number of nitrogens with zero attached hydrogens (tertiary/aromatic N) is 1. The van der Waals surface area contributed by atoms with E-state index in [4.69, 9.17) is 0 Å². The van der Waals surface area contributed by atoms with Crippen molar-refractivity contribution < 1.29 is 18.0 Å². The number of fused-ring (bicyclic) bond motifs is 1. The zero-order valence-corrected chi connectivity index (χ0v) is 17.5. The number of rotatable bonds is 7. The molecule has 3 rings (SSSR count). The Morgan fingerprint density at radius 3 is 2.64 bits per heavy atom. The lowest BCUT2D eigenvalue weighted by Gasteiger charge is -2.15. The lowest BCUT2D eigenvalue weighted by Crippen LogP contribution is -2.27. The number of thiazole rings is 1. The predicted molar refractivity (Wildman–Crippen MR) is 108 cm³/mol. The van der Waals surface area contributed by atoms with Gasteiger partial charge in [-0.1, -0.05) is 19.1 Å². The summed E-state index contributed by atoms with van der Waals surface area (Å²) in [6.45, 7) is 3.60. The monoisotopic (exact) mass is 421 g/mol. The van der Waals surface area contributed by atoms with Crippen LogP contribution in [0.5, 0.6) is 0 Å². The van der Waals surface area contributed by atoms with Crippen LogP contribution in [-0.4, -0.2) is 31.6 Å². The minimum Gasteiger partial charge on any atom is -0.302 e. The van der Waals surface area contributed by atoms with Gasteiger partial charge in [0.05, 0.1) is 10.6 Å². The fourth-order valence-corrected chi connectivity index (χ4v) is 5.25. The summed E-state index contributed by atoms with van der Waals surface area (Å²) in [7, 11) is -3.73. The largest absolute Gasteiger partial charge is 0.302 e. The van der Waals surface area contributed by atoms with Gasteiger partial charge in [-0.05, 0) is 44.2 Å². The Balaban J connectivity index is 1.51. The van der Waals surface area contributed by atoms with E-state index in [1.807, 2.05) is 0 Å². The number of aryl methyl sites for hydroxylation is 1. The Kier molecular flexibility index (Phi) is 6.26. The van der Waals surface area contributed by atoms with Crippen LogP contribution in [0.1, 0.15) is 47.6 Å². The van der Waals surface area contributed by atoms with Gasteiger partial charge in [-0.25, -0.2) is 18.1 Å². The lowest BCUT2D eigenvalue weighted by atomic mass is 9.93. The van der Waals surface area contributed by atoms with Crippen molar-refractivity contribution in [1.82, 2.24) is 9.71 Å². The summed E-state index contributed by atoms with van der Waals surface area (Å²) in [5.74, 6) is 0.219. The van der Waals surface area contributed by atoms with Crippen LogP contribution in [0.3, 0.4) is 0 Å². The highest BCUT2D eigenvalue weighted by molar-refractivity contribution is 7.89. The average molecular weight is 422 g/mol. The van der Waals surface area contributed by atoms with Crippen LogP contribution in [0.4, 0.5) is 5.13 Å². The number of nitrogens with one attached hydrogen (secondary N) is 2. The van der Waals surface area contributed by atoms with E-state index in [2.05, 4.69) is 21.9 Å². The van der Waals surface area contributed by atoms with Crippen LogP contribution < -0.4 is 10.0 Å². The summed E-state index contributed by atoms with van der Waals surface area (Å²) < 4.78 is 27.0. The highest BCUT2D eigenvalue weighted by Gasteiger charge is 2.20. The molecule has 1 amide bonds. The maximum absolute atomic E-state index is 12.3. The van der Waals surface area contributed by atoms with Crippen molar-refractivity contribution in [1.29, 1.82) is 0 Å². The summed E-state index contributed by atoms with van der Waals surface area (Å²) >= 11 is 1.50. The second-order valence-corrected chi connectivity index (χ2v) is 9.86. The molecule has 0 saturated carbocycles. The standard InChI is InChI=1S/C19H23N3O4S2/c1-12-3-8-16-17(11-12)27-19(21-16)22-18(24)9-10-20-28(25,26)15-6-4-14(5-7-15)13(2)23/h4-7,12,20H,3,8-11H2,1-2H3,(H,21,22,24)/t12-/m1/s1. The van der Waals surface area contributed by atoms with E-state index in [-0.39, 0.29) is 29.6 Å². The Hall–Kier alpha value is -2.10. The predicted octanol–water partition coefficient (Wildman–Crippen LogP) is 2.78. The number of benzene rings is 1. The molecule has 9 heteroatoms. The summed E-state index contributed by atoms with van der Waals surface area (Å²) in [6.07, 6.45) is 3.04. The molecule has 0 spiro atoms. The SMILES string of the molecule is CC(=O)c1ccc(S(=O)(=O)NCCC(=O)Nc2nc3c(s2)C[C@H](C)CC3)cc1. The Morgan fingerprint density at radius 1 is 1.25 bits per heavy atom. The molecule has 1 aliphatic rings. The molecule has 2 aromatic rings. The first-order valence-corrected chi connectivity index (χ1v) is 11.4. The third-order valence-corrected chi connectivity index (χ3v) is 7.16. The summed E-state index contributed by atoms with van der Waals surface area (Å²) in [4.78, 5) is 29.1. The zero-order chi connectivity index (χ0) is 20.3. The molecule has 0 bridgehead atoms. The maximum atomic E-state index is 12.3. The van der Waals surface area contributed by atoms with Gasteiger partial charge in [0.2, 0.25) is 15.9 Å². The molecular formula is C19H23N3O4S2. The first-order chi connectivity index (χ1) is 13.2. The molecule has 2 N–H and O–H groups in total. The topological polar surface area (TPSA) is 105 Å². The molecule has 1 aromatic heterocycles. The molecule has 7 nitrogen and oxygen atoms in total. The number of carbonyl (C=O) groups is 2. The average Bonchev–Trinajstić information content (AvgIpc) is 3.02. The van der Waals surface area contributed by atoms with Crippen molar-refractivity contribution in [3.05, 3.63) is 40.4 Å². The Morgan fingerprint density at radius 2 is 1.96 bits per heavy atom. The summed E-state index contributed by atoms with van der Waals surface area (Å²) in [5, 5.41) is 3.33. The van der Waals surface area contributed by atoms with Gasteiger partial charge >= 0.3 is 0 Å². The van der Waals surface area contributed by atoms with Crippen LogP contribution >= 0.6 is 11.3 Å². The van der Waals surface area contributed by atoms with Gasteiger partial charge in [-0.2, -0.15) is 0 Å². The van der Waals surface area contributed by atoms with Crippen LogP contribution in [0.15, 0.2) is 29.2 Å². The number of anilines is 1. The Bertz CT molecular complexity index is 981. The van der Waals surface area contributed by atoms with Crippen LogP contribution in [0.25, 0.3) is 0 Å².